The van der Waals surface area contributed by atoms with Gasteiger partial charge in [-0.25, -0.2) is 4.79 Å². The molecule has 4 heteroatoms. The van der Waals surface area contributed by atoms with Crippen molar-refractivity contribution < 1.29 is 14.6 Å². The zero-order valence-corrected chi connectivity index (χ0v) is 14.4. The number of hydrogen-bond donors (Lipinski definition) is 1. The second-order valence-electron chi connectivity index (χ2n) is 7.13. The van der Waals surface area contributed by atoms with E-state index in [1.807, 2.05) is 31.2 Å². The third-order valence-electron chi connectivity index (χ3n) is 5.28. The Morgan fingerprint density at radius 2 is 1.68 bits per heavy atom. The third-order valence-corrected chi connectivity index (χ3v) is 5.28. The summed E-state index contributed by atoms with van der Waals surface area (Å²) in [6.45, 7) is 3.11. The van der Waals surface area contributed by atoms with Gasteiger partial charge in [0.15, 0.2) is 0 Å². The maximum absolute atomic E-state index is 12.3. The predicted octanol–water partition coefficient (Wildman–Crippen LogP) is 3.78. The van der Waals surface area contributed by atoms with E-state index in [1.54, 1.807) is 4.90 Å². The van der Waals surface area contributed by atoms with Crippen LogP contribution in [-0.2, 0) is 4.74 Å². The SMILES string of the molecule is CCCC1(O)CN(C(=O)OCC2c3ccccc3-c3ccccc32)C1. The maximum Gasteiger partial charge on any atom is 0.409 e. The Morgan fingerprint density at radius 3 is 2.24 bits per heavy atom. The van der Waals surface area contributed by atoms with Gasteiger partial charge in [-0.15, -0.1) is 0 Å². The minimum Gasteiger partial charge on any atom is -0.448 e. The maximum atomic E-state index is 12.3. The first-order valence-electron chi connectivity index (χ1n) is 8.93. The Bertz CT molecular complexity index is 750. The molecule has 1 N–H and O–H groups in total. The molecule has 1 aliphatic carbocycles. The molecule has 4 rings (SSSR count). The minimum atomic E-state index is -0.722. The van der Waals surface area contributed by atoms with Crippen molar-refractivity contribution >= 4 is 6.09 Å². The average molecular weight is 337 g/mol. The summed E-state index contributed by atoms with van der Waals surface area (Å²) >= 11 is 0. The van der Waals surface area contributed by atoms with E-state index in [1.165, 1.54) is 22.3 Å². The molecule has 0 aromatic heterocycles. The van der Waals surface area contributed by atoms with E-state index in [0.717, 1.165) is 12.8 Å². The summed E-state index contributed by atoms with van der Waals surface area (Å²) in [5.41, 5.74) is 4.14. The van der Waals surface area contributed by atoms with Crippen molar-refractivity contribution in [1.29, 1.82) is 0 Å². The van der Waals surface area contributed by atoms with Gasteiger partial charge in [0.25, 0.3) is 0 Å². The third kappa shape index (κ3) is 2.81. The van der Waals surface area contributed by atoms with Crippen molar-refractivity contribution in [1.82, 2.24) is 4.90 Å². The van der Waals surface area contributed by atoms with Crippen LogP contribution in [0.3, 0.4) is 0 Å². The summed E-state index contributed by atoms with van der Waals surface area (Å²) in [6, 6.07) is 16.6. The van der Waals surface area contributed by atoms with Crippen molar-refractivity contribution in [3.63, 3.8) is 0 Å². The second-order valence-corrected chi connectivity index (χ2v) is 7.13. The first-order chi connectivity index (χ1) is 12.1. The number of β-amino-alcohol motifs (C(OH)–C–C–N with tert-alkyl or cyclic N) is 1. The molecule has 0 atom stereocenters. The molecule has 0 spiro atoms. The Labute approximate surface area is 148 Å². The standard InChI is InChI=1S/C21H23NO3/c1-2-11-21(24)13-22(14-21)20(23)25-12-19-17-9-5-3-7-15(17)16-8-4-6-10-18(16)19/h3-10,19,24H,2,11-14H2,1H3. The Morgan fingerprint density at radius 1 is 1.12 bits per heavy atom. The fourth-order valence-electron chi connectivity index (χ4n) is 4.10. The largest absolute Gasteiger partial charge is 0.448 e. The minimum absolute atomic E-state index is 0.0761. The molecule has 0 bridgehead atoms. The molecule has 0 saturated carbocycles. The van der Waals surface area contributed by atoms with Crippen molar-refractivity contribution in [3.05, 3.63) is 59.7 Å². The number of rotatable bonds is 4. The molecule has 2 aromatic rings. The van der Waals surface area contributed by atoms with E-state index in [9.17, 15) is 9.90 Å². The summed E-state index contributed by atoms with van der Waals surface area (Å²) in [4.78, 5) is 13.9. The molecule has 25 heavy (non-hydrogen) atoms. The van der Waals surface area contributed by atoms with Gasteiger partial charge in [-0.05, 0) is 28.7 Å². The highest BCUT2D eigenvalue weighted by Crippen LogP contribution is 2.44. The van der Waals surface area contributed by atoms with E-state index in [2.05, 4.69) is 24.3 Å². The number of hydrogen-bond acceptors (Lipinski definition) is 3. The van der Waals surface area contributed by atoms with E-state index in [4.69, 9.17) is 4.74 Å². The lowest BCUT2D eigenvalue weighted by Gasteiger charge is -2.45. The van der Waals surface area contributed by atoms with Gasteiger partial charge in [-0.3, -0.25) is 0 Å². The highest BCUT2D eigenvalue weighted by atomic mass is 16.6. The summed E-state index contributed by atoms with van der Waals surface area (Å²) in [5.74, 6) is 0.0761. The van der Waals surface area contributed by atoms with Crippen molar-refractivity contribution in [2.45, 2.75) is 31.3 Å². The normalized spacial score (nSPS) is 17.6. The van der Waals surface area contributed by atoms with Crippen molar-refractivity contribution in [2.24, 2.45) is 0 Å². The number of fused-ring (bicyclic) bond motifs is 3. The second kappa shape index (κ2) is 6.19. The molecule has 1 saturated heterocycles. The fourth-order valence-corrected chi connectivity index (χ4v) is 4.10. The van der Waals surface area contributed by atoms with Crippen LogP contribution in [-0.4, -0.2) is 41.4 Å². The van der Waals surface area contributed by atoms with E-state index in [0.29, 0.717) is 19.7 Å². The lowest BCUT2D eigenvalue weighted by Crippen LogP contribution is -2.63. The highest BCUT2D eigenvalue weighted by Gasteiger charge is 2.43. The quantitative estimate of drug-likeness (QED) is 0.924. The van der Waals surface area contributed by atoms with Gasteiger partial charge in [0.2, 0.25) is 0 Å². The lowest BCUT2D eigenvalue weighted by molar-refractivity contribution is -0.0936. The molecule has 130 valence electrons. The molecule has 0 radical (unpaired) electrons. The van der Waals surface area contributed by atoms with Gasteiger partial charge >= 0.3 is 6.09 Å². The molecule has 2 aromatic carbocycles. The van der Waals surface area contributed by atoms with Crippen LogP contribution in [0, 0.1) is 0 Å². The summed E-state index contributed by atoms with van der Waals surface area (Å²) < 4.78 is 5.59. The highest BCUT2D eigenvalue weighted by molar-refractivity contribution is 5.79. The first-order valence-corrected chi connectivity index (χ1v) is 8.93. The number of benzene rings is 2. The van der Waals surface area contributed by atoms with Crippen LogP contribution >= 0.6 is 0 Å². The zero-order chi connectivity index (χ0) is 17.4. The number of aliphatic hydroxyl groups is 1. The lowest BCUT2D eigenvalue weighted by atomic mass is 9.90. The molecule has 1 heterocycles. The van der Waals surface area contributed by atoms with Crippen LogP contribution in [0.25, 0.3) is 11.1 Å². The summed E-state index contributed by atoms with van der Waals surface area (Å²) in [5, 5.41) is 10.2. The van der Waals surface area contributed by atoms with Crippen LogP contribution in [0.2, 0.25) is 0 Å². The van der Waals surface area contributed by atoms with Gasteiger partial charge in [0.05, 0.1) is 18.7 Å². The Kier molecular flexibility index (Phi) is 4.00. The Balaban J connectivity index is 1.45. The number of ether oxygens (including phenoxy) is 1. The zero-order valence-electron chi connectivity index (χ0n) is 14.4. The fraction of sp³-hybridized carbons (Fsp3) is 0.381. The van der Waals surface area contributed by atoms with Gasteiger partial charge in [0.1, 0.15) is 6.61 Å². The van der Waals surface area contributed by atoms with E-state index >= 15 is 0 Å². The number of carbonyl (C=O) groups excluding carboxylic acids is 1. The van der Waals surface area contributed by atoms with Crippen LogP contribution in [0.4, 0.5) is 4.79 Å². The topological polar surface area (TPSA) is 49.8 Å². The molecular weight excluding hydrogens is 314 g/mol. The van der Waals surface area contributed by atoms with Crippen molar-refractivity contribution in [3.8, 4) is 11.1 Å². The number of nitrogens with zero attached hydrogens (tertiary/aromatic N) is 1. The number of amides is 1. The summed E-state index contributed by atoms with van der Waals surface area (Å²) in [6.07, 6.45) is 1.30. The van der Waals surface area contributed by atoms with Crippen LogP contribution in [0.15, 0.2) is 48.5 Å². The van der Waals surface area contributed by atoms with Gasteiger partial charge < -0.3 is 14.7 Å². The average Bonchev–Trinajstić information content (AvgIpc) is 2.92. The van der Waals surface area contributed by atoms with Crippen molar-refractivity contribution in [2.75, 3.05) is 19.7 Å². The molecular formula is C21H23NO3. The first kappa shape index (κ1) is 16.2. The van der Waals surface area contributed by atoms with Crippen LogP contribution < -0.4 is 0 Å². The van der Waals surface area contributed by atoms with Gasteiger partial charge in [-0.1, -0.05) is 61.9 Å². The van der Waals surface area contributed by atoms with E-state index in [-0.39, 0.29) is 12.0 Å². The molecule has 1 amide bonds. The molecule has 0 unspecified atom stereocenters. The Hall–Kier alpha value is -2.33. The molecule has 1 aliphatic heterocycles. The van der Waals surface area contributed by atoms with Crippen LogP contribution in [0.5, 0.6) is 0 Å². The smallest absolute Gasteiger partial charge is 0.409 e. The predicted molar refractivity (Wildman–Crippen MR) is 96.5 cm³/mol. The van der Waals surface area contributed by atoms with Gasteiger partial charge in [-0.2, -0.15) is 0 Å². The molecule has 2 aliphatic rings. The summed E-state index contributed by atoms with van der Waals surface area (Å²) in [7, 11) is 0. The number of carbonyl (C=O) groups is 1. The van der Waals surface area contributed by atoms with E-state index < -0.39 is 5.60 Å². The molecule has 4 nitrogen and oxygen atoms in total. The van der Waals surface area contributed by atoms with Crippen LogP contribution in [0.1, 0.15) is 36.8 Å². The monoisotopic (exact) mass is 337 g/mol. The number of likely N-dealkylation sites (tertiary alicyclic amines) is 1. The van der Waals surface area contributed by atoms with Gasteiger partial charge in [0, 0.05) is 5.92 Å². The molecule has 1 fully saturated rings.